The number of likely N-dealkylation sites (tertiary alicyclic amines) is 1. The third kappa shape index (κ3) is 3.66. The van der Waals surface area contributed by atoms with Gasteiger partial charge in [0.05, 0.1) is 6.04 Å². The molecule has 1 aliphatic heterocycles. The first-order valence-corrected chi connectivity index (χ1v) is 9.12. The van der Waals surface area contributed by atoms with Gasteiger partial charge in [-0.1, -0.05) is 12.1 Å². The van der Waals surface area contributed by atoms with Crippen molar-refractivity contribution in [3.8, 4) is 5.75 Å². The molecule has 0 bridgehead atoms. The molecule has 8 nitrogen and oxygen atoms in total. The van der Waals surface area contributed by atoms with E-state index in [2.05, 4.69) is 15.3 Å². The van der Waals surface area contributed by atoms with Gasteiger partial charge < -0.3 is 19.4 Å². The van der Waals surface area contributed by atoms with E-state index in [1.807, 2.05) is 31.2 Å². The molecule has 2 amide bonds. The van der Waals surface area contributed by atoms with Crippen LogP contribution in [0.25, 0.3) is 10.8 Å². The normalized spacial score (nSPS) is 16.5. The summed E-state index contributed by atoms with van der Waals surface area (Å²) in [5, 5.41) is 4.74. The maximum atomic E-state index is 12.4. The average molecular weight is 380 g/mol. The smallest absolute Gasteiger partial charge is 0.273 e. The number of amides is 2. The highest BCUT2D eigenvalue weighted by Gasteiger charge is 2.30. The third-order valence-corrected chi connectivity index (χ3v) is 4.71. The molecule has 1 aromatic carbocycles. The van der Waals surface area contributed by atoms with E-state index < -0.39 is 0 Å². The van der Waals surface area contributed by atoms with Crippen LogP contribution in [0.1, 0.15) is 29.7 Å². The molecule has 1 saturated heterocycles. The number of oxazole rings is 1. The van der Waals surface area contributed by atoms with Gasteiger partial charge in [-0.25, -0.2) is 4.98 Å². The molecule has 28 heavy (non-hydrogen) atoms. The van der Waals surface area contributed by atoms with E-state index in [0.29, 0.717) is 31.2 Å². The molecule has 3 aromatic rings. The Morgan fingerprint density at radius 2 is 2.29 bits per heavy atom. The first kappa shape index (κ1) is 18.0. The number of carbonyl (C=O) groups excluding carboxylic acids is 2. The number of rotatable bonds is 6. The highest BCUT2D eigenvalue weighted by atomic mass is 16.5. The number of hydrogen-bond donors (Lipinski definition) is 1. The first-order valence-electron chi connectivity index (χ1n) is 9.12. The topological polar surface area (TPSA) is 97.6 Å². The van der Waals surface area contributed by atoms with Crippen LogP contribution in [0, 0.1) is 0 Å². The van der Waals surface area contributed by atoms with E-state index in [0.717, 1.165) is 10.8 Å². The molecule has 2 aromatic heterocycles. The lowest BCUT2D eigenvalue weighted by Crippen LogP contribution is -2.37. The predicted molar refractivity (Wildman–Crippen MR) is 101 cm³/mol. The van der Waals surface area contributed by atoms with E-state index in [4.69, 9.17) is 9.15 Å². The van der Waals surface area contributed by atoms with Crippen LogP contribution in [0.2, 0.25) is 0 Å². The van der Waals surface area contributed by atoms with Crippen LogP contribution >= 0.6 is 0 Å². The molecule has 0 unspecified atom stereocenters. The maximum Gasteiger partial charge on any atom is 0.273 e. The average Bonchev–Trinajstić information content (AvgIpc) is 3.32. The number of benzene rings is 1. The Kier molecular flexibility index (Phi) is 4.92. The Morgan fingerprint density at radius 1 is 1.39 bits per heavy atom. The summed E-state index contributed by atoms with van der Waals surface area (Å²) in [4.78, 5) is 34.1. The molecule has 1 aliphatic rings. The van der Waals surface area contributed by atoms with Gasteiger partial charge in [-0.15, -0.1) is 0 Å². The van der Waals surface area contributed by atoms with Crippen molar-refractivity contribution in [3.05, 3.63) is 54.5 Å². The molecule has 0 spiro atoms. The van der Waals surface area contributed by atoms with Crippen LogP contribution in [0.5, 0.6) is 5.75 Å². The molecule has 0 radical (unpaired) electrons. The first-order chi connectivity index (χ1) is 13.6. The largest absolute Gasteiger partial charge is 0.483 e. The standard InChI is InChI=1S/C20H20N4O4/c1-2-24-10-14(8-19(24)25)22-20(26)16-11-28-18(23-16)12-27-17-5-3-4-13-9-21-7-6-15(13)17/h3-7,9,11,14H,2,8,10,12H2,1H3,(H,22,26)/t14-/m0/s1. The number of likely N-dealkylation sites (N-methyl/N-ethyl adjacent to an activating group) is 1. The van der Waals surface area contributed by atoms with Crippen molar-refractivity contribution in [1.29, 1.82) is 0 Å². The van der Waals surface area contributed by atoms with Gasteiger partial charge in [-0.2, -0.15) is 0 Å². The minimum atomic E-state index is -0.359. The minimum absolute atomic E-state index is 0.0485. The van der Waals surface area contributed by atoms with Crippen molar-refractivity contribution < 1.29 is 18.7 Å². The van der Waals surface area contributed by atoms with Gasteiger partial charge in [-0.05, 0) is 19.1 Å². The van der Waals surface area contributed by atoms with Gasteiger partial charge in [-0.3, -0.25) is 14.6 Å². The predicted octanol–water partition coefficient (Wildman–Crippen LogP) is 2.15. The third-order valence-electron chi connectivity index (χ3n) is 4.71. The van der Waals surface area contributed by atoms with Crippen molar-refractivity contribution >= 4 is 22.6 Å². The number of nitrogens with one attached hydrogen (secondary N) is 1. The Labute approximate surface area is 161 Å². The Bertz CT molecular complexity index is 1010. The molecule has 4 rings (SSSR count). The molecule has 1 fully saturated rings. The highest BCUT2D eigenvalue weighted by molar-refractivity contribution is 5.93. The van der Waals surface area contributed by atoms with Gasteiger partial charge in [0.25, 0.3) is 5.91 Å². The van der Waals surface area contributed by atoms with E-state index in [1.165, 1.54) is 6.26 Å². The zero-order chi connectivity index (χ0) is 19.5. The summed E-state index contributed by atoms with van der Waals surface area (Å²) < 4.78 is 11.2. The lowest BCUT2D eigenvalue weighted by molar-refractivity contribution is -0.127. The number of fused-ring (bicyclic) bond motifs is 1. The van der Waals surface area contributed by atoms with Crippen LogP contribution in [0.15, 0.2) is 47.3 Å². The van der Waals surface area contributed by atoms with Gasteiger partial charge >= 0.3 is 0 Å². The molecule has 144 valence electrons. The van der Waals surface area contributed by atoms with Crippen molar-refractivity contribution in [2.45, 2.75) is 26.0 Å². The van der Waals surface area contributed by atoms with E-state index in [-0.39, 0.29) is 30.2 Å². The number of carbonyl (C=O) groups is 2. The molecular weight excluding hydrogens is 360 g/mol. The van der Waals surface area contributed by atoms with Crippen molar-refractivity contribution in [3.63, 3.8) is 0 Å². The van der Waals surface area contributed by atoms with Crippen LogP contribution in [-0.2, 0) is 11.4 Å². The van der Waals surface area contributed by atoms with Crippen LogP contribution < -0.4 is 10.1 Å². The maximum absolute atomic E-state index is 12.4. The van der Waals surface area contributed by atoms with Crippen molar-refractivity contribution in [2.24, 2.45) is 0 Å². The number of pyridine rings is 1. The summed E-state index contributed by atoms with van der Waals surface area (Å²) in [5.74, 6) is 0.677. The molecule has 0 saturated carbocycles. The Hall–Kier alpha value is -3.42. The van der Waals surface area contributed by atoms with Gasteiger partial charge in [0.1, 0.15) is 12.0 Å². The number of ether oxygens (including phenoxy) is 1. The molecule has 0 aliphatic carbocycles. The van der Waals surface area contributed by atoms with Crippen LogP contribution in [0.4, 0.5) is 0 Å². The van der Waals surface area contributed by atoms with Gasteiger partial charge in [0.15, 0.2) is 12.3 Å². The summed E-state index contributed by atoms with van der Waals surface area (Å²) in [6, 6.07) is 7.37. The number of aromatic nitrogens is 2. The lowest BCUT2D eigenvalue weighted by atomic mass is 10.1. The quantitative estimate of drug-likeness (QED) is 0.704. The zero-order valence-corrected chi connectivity index (χ0v) is 15.4. The van der Waals surface area contributed by atoms with E-state index in [1.54, 1.807) is 17.3 Å². The molecule has 3 heterocycles. The zero-order valence-electron chi connectivity index (χ0n) is 15.4. The number of nitrogens with zero attached hydrogens (tertiary/aromatic N) is 3. The summed E-state index contributed by atoms with van der Waals surface area (Å²) in [6.07, 6.45) is 5.08. The Balaban J connectivity index is 1.38. The highest BCUT2D eigenvalue weighted by Crippen LogP contribution is 2.25. The molecule has 1 N–H and O–H groups in total. The fourth-order valence-corrected chi connectivity index (χ4v) is 3.27. The van der Waals surface area contributed by atoms with Crippen LogP contribution in [-0.4, -0.2) is 45.8 Å². The van der Waals surface area contributed by atoms with Crippen molar-refractivity contribution in [2.75, 3.05) is 13.1 Å². The molecule has 1 atom stereocenters. The Morgan fingerprint density at radius 3 is 3.11 bits per heavy atom. The second kappa shape index (κ2) is 7.67. The van der Waals surface area contributed by atoms with E-state index in [9.17, 15) is 9.59 Å². The van der Waals surface area contributed by atoms with Gasteiger partial charge in [0, 0.05) is 42.7 Å². The minimum Gasteiger partial charge on any atom is -0.483 e. The monoisotopic (exact) mass is 380 g/mol. The van der Waals surface area contributed by atoms with Crippen molar-refractivity contribution in [1.82, 2.24) is 20.2 Å². The second-order valence-corrected chi connectivity index (χ2v) is 6.58. The van der Waals surface area contributed by atoms with Gasteiger partial charge in [0.2, 0.25) is 11.8 Å². The fourth-order valence-electron chi connectivity index (χ4n) is 3.27. The fraction of sp³-hybridized carbons (Fsp3) is 0.300. The van der Waals surface area contributed by atoms with E-state index >= 15 is 0 Å². The SMILES string of the molecule is CCN1C[C@@H](NC(=O)c2coc(COc3cccc4cnccc34)n2)CC1=O. The molecular formula is C20H20N4O4. The number of hydrogen-bond acceptors (Lipinski definition) is 6. The summed E-state index contributed by atoms with van der Waals surface area (Å²) >= 11 is 0. The summed E-state index contributed by atoms with van der Waals surface area (Å²) in [6.45, 7) is 3.17. The summed E-state index contributed by atoms with van der Waals surface area (Å²) in [7, 11) is 0. The molecule has 8 heteroatoms. The summed E-state index contributed by atoms with van der Waals surface area (Å²) in [5.41, 5.74) is 0.170. The second-order valence-electron chi connectivity index (χ2n) is 6.58. The van der Waals surface area contributed by atoms with Crippen LogP contribution in [0.3, 0.4) is 0 Å². The lowest BCUT2D eigenvalue weighted by Gasteiger charge is -2.13.